The Labute approximate surface area is 159 Å². The second-order valence-electron chi connectivity index (χ2n) is 5.83. The van der Waals surface area contributed by atoms with Gasteiger partial charge in [0.15, 0.2) is 0 Å². The van der Waals surface area contributed by atoms with Crippen molar-refractivity contribution < 1.29 is 9.18 Å². The molecule has 0 spiro atoms. The number of nitrogens with one attached hydrogen (secondary N) is 1. The van der Waals surface area contributed by atoms with Crippen LogP contribution in [0.25, 0.3) is 10.6 Å². The van der Waals surface area contributed by atoms with Crippen LogP contribution in [0.3, 0.4) is 0 Å². The number of carbonyl (C=O) groups excluding carboxylic acids is 1. The van der Waals surface area contributed by atoms with Crippen LogP contribution in [0.15, 0.2) is 29.6 Å². The van der Waals surface area contributed by atoms with E-state index in [-0.39, 0.29) is 18.1 Å². The van der Waals surface area contributed by atoms with Crippen molar-refractivity contribution in [2.75, 3.05) is 5.32 Å². The summed E-state index contributed by atoms with van der Waals surface area (Å²) in [6.07, 6.45) is 2.17. The van der Waals surface area contributed by atoms with Gasteiger partial charge >= 0.3 is 0 Å². The van der Waals surface area contributed by atoms with Crippen LogP contribution in [0, 0.1) is 5.82 Å². The van der Waals surface area contributed by atoms with Crippen molar-refractivity contribution in [3.63, 3.8) is 0 Å². The van der Waals surface area contributed by atoms with Gasteiger partial charge in [-0.25, -0.2) is 9.37 Å². The molecule has 0 saturated heterocycles. The van der Waals surface area contributed by atoms with Crippen molar-refractivity contribution in [1.82, 2.24) is 15.2 Å². The van der Waals surface area contributed by atoms with E-state index in [9.17, 15) is 9.18 Å². The first kappa shape index (κ1) is 18.6. The predicted molar refractivity (Wildman–Crippen MR) is 103 cm³/mol. The largest absolute Gasteiger partial charge is 0.300 e. The first-order valence-corrected chi connectivity index (χ1v) is 10.1. The SMILES string of the molecule is CCC(CC)c1nnc(NC(=O)Cc2csc(-c3ccc(F)cc3)n2)s1. The van der Waals surface area contributed by atoms with E-state index in [1.807, 2.05) is 5.38 Å². The summed E-state index contributed by atoms with van der Waals surface area (Å²) in [6, 6.07) is 6.16. The number of carbonyl (C=O) groups is 1. The number of hydrogen-bond donors (Lipinski definition) is 1. The maximum atomic E-state index is 13.0. The number of amides is 1. The van der Waals surface area contributed by atoms with Gasteiger partial charge < -0.3 is 5.32 Å². The summed E-state index contributed by atoms with van der Waals surface area (Å²) >= 11 is 2.86. The second kappa shape index (κ2) is 8.46. The van der Waals surface area contributed by atoms with Crippen LogP contribution >= 0.6 is 22.7 Å². The molecule has 26 heavy (non-hydrogen) atoms. The minimum Gasteiger partial charge on any atom is -0.300 e. The lowest BCUT2D eigenvalue weighted by Gasteiger charge is -2.05. The fourth-order valence-electron chi connectivity index (χ4n) is 2.53. The van der Waals surface area contributed by atoms with Crippen molar-refractivity contribution >= 4 is 33.7 Å². The number of nitrogens with zero attached hydrogens (tertiary/aromatic N) is 3. The summed E-state index contributed by atoms with van der Waals surface area (Å²) in [5, 5.41) is 15.1. The molecule has 0 radical (unpaired) electrons. The van der Waals surface area contributed by atoms with Crippen molar-refractivity contribution in [3.8, 4) is 10.6 Å². The van der Waals surface area contributed by atoms with E-state index >= 15 is 0 Å². The zero-order valence-electron chi connectivity index (χ0n) is 14.5. The highest BCUT2D eigenvalue weighted by Crippen LogP contribution is 2.28. The van der Waals surface area contributed by atoms with Gasteiger partial charge in [-0.3, -0.25) is 4.79 Å². The van der Waals surface area contributed by atoms with Crippen LogP contribution in [-0.4, -0.2) is 21.1 Å². The topological polar surface area (TPSA) is 67.8 Å². The van der Waals surface area contributed by atoms with E-state index in [0.29, 0.717) is 16.7 Å². The van der Waals surface area contributed by atoms with E-state index in [4.69, 9.17) is 0 Å². The molecule has 0 fully saturated rings. The van der Waals surface area contributed by atoms with E-state index in [0.717, 1.165) is 28.4 Å². The van der Waals surface area contributed by atoms with Crippen LogP contribution in [0.5, 0.6) is 0 Å². The molecule has 0 saturated carbocycles. The maximum absolute atomic E-state index is 13.0. The monoisotopic (exact) mass is 390 g/mol. The fourth-order valence-corrected chi connectivity index (χ4v) is 4.38. The molecule has 2 heterocycles. The highest BCUT2D eigenvalue weighted by Gasteiger charge is 2.15. The van der Waals surface area contributed by atoms with Crippen LogP contribution in [-0.2, 0) is 11.2 Å². The number of hydrogen-bond acceptors (Lipinski definition) is 6. The molecule has 0 aliphatic heterocycles. The molecule has 8 heteroatoms. The molecule has 0 atom stereocenters. The third-order valence-electron chi connectivity index (χ3n) is 4.01. The zero-order valence-corrected chi connectivity index (χ0v) is 16.2. The minimum atomic E-state index is -0.283. The van der Waals surface area contributed by atoms with Crippen LogP contribution in [0.1, 0.15) is 43.3 Å². The smallest absolute Gasteiger partial charge is 0.232 e. The lowest BCUT2D eigenvalue weighted by molar-refractivity contribution is -0.115. The van der Waals surface area contributed by atoms with E-state index < -0.39 is 0 Å². The Balaban J connectivity index is 1.61. The molecule has 0 aliphatic carbocycles. The van der Waals surface area contributed by atoms with Gasteiger partial charge in [-0.15, -0.1) is 21.5 Å². The highest BCUT2D eigenvalue weighted by molar-refractivity contribution is 7.15. The lowest BCUT2D eigenvalue weighted by atomic mass is 10.1. The Kier molecular flexibility index (Phi) is 6.05. The van der Waals surface area contributed by atoms with Crippen LogP contribution in [0.2, 0.25) is 0 Å². The molecule has 3 rings (SSSR count). The van der Waals surface area contributed by atoms with Crippen molar-refractivity contribution in [2.24, 2.45) is 0 Å². The lowest BCUT2D eigenvalue weighted by Crippen LogP contribution is -2.14. The Bertz CT molecular complexity index is 871. The Morgan fingerprint density at radius 1 is 1.19 bits per heavy atom. The molecule has 0 unspecified atom stereocenters. The summed E-state index contributed by atoms with van der Waals surface area (Å²) in [7, 11) is 0. The molecule has 0 bridgehead atoms. The first-order chi connectivity index (χ1) is 12.6. The molecule has 1 N–H and O–H groups in total. The number of halogens is 1. The maximum Gasteiger partial charge on any atom is 0.232 e. The molecule has 1 aromatic carbocycles. The van der Waals surface area contributed by atoms with Gasteiger partial charge in [0.05, 0.1) is 12.1 Å². The molecule has 136 valence electrons. The summed E-state index contributed by atoms with van der Waals surface area (Å²) in [5.74, 6) is -0.0714. The van der Waals surface area contributed by atoms with Gasteiger partial charge in [-0.2, -0.15) is 0 Å². The third kappa shape index (κ3) is 4.50. The van der Waals surface area contributed by atoms with Gasteiger partial charge in [0.2, 0.25) is 11.0 Å². The molecule has 1 amide bonds. The van der Waals surface area contributed by atoms with Crippen molar-refractivity contribution in [3.05, 3.63) is 46.2 Å². The fraction of sp³-hybridized carbons (Fsp3) is 0.333. The first-order valence-electron chi connectivity index (χ1n) is 8.42. The number of rotatable bonds is 7. The van der Waals surface area contributed by atoms with Gasteiger partial charge in [0, 0.05) is 16.9 Å². The summed E-state index contributed by atoms with van der Waals surface area (Å²) in [4.78, 5) is 16.7. The van der Waals surface area contributed by atoms with E-state index in [2.05, 4.69) is 34.3 Å². The summed E-state index contributed by atoms with van der Waals surface area (Å²) in [5.41, 5.74) is 1.51. The zero-order chi connectivity index (χ0) is 18.5. The number of anilines is 1. The normalized spacial score (nSPS) is 11.1. The van der Waals surface area contributed by atoms with Gasteiger partial charge in [0.25, 0.3) is 0 Å². The Hall–Kier alpha value is -2.19. The van der Waals surface area contributed by atoms with Crippen LogP contribution in [0.4, 0.5) is 9.52 Å². The number of thiazole rings is 1. The third-order valence-corrected chi connectivity index (χ3v) is 5.95. The average molecular weight is 391 g/mol. The molecule has 0 aliphatic rings. The summed E-state index contributed by atoms with van der Waals surface area (Å²) in [6.45, 7) is 4.24. The second-order valence-corrected chi connectivity index (χ2v) is 7.70. The molecule has 3 aromatic rings. The number of benzene rings is 1. The van der Waals surface area contributed by atoms with Gasteiger partial charge in [0.1, 0.15) is 15.8 Å². The van der Waals surface area contributed by atoms with E-state index in [1.165, 1.54) is 34.8 Å². The predicted octanol–water partition coefficient (Wildman–Crippen LogP) is 4.89. The number of aromatic nitrogens is 3. The molecule has 2 aromatic heterocycles. The van der Waals surface area contributed by atoms with E-state index in [1.54, 1.807) is 12.1 Å². The molecular weight excluding hydrogens is 371 g/mol. The minimum absolute atomic E-state index is 0.164. The average Bonchev–Trinajstić information content (AvgIpc) is 3.27. The highest BCUT2D eigenvalue weighted by atomic mass is 32.1. The van der Waals surface area contributed by atoms with Gasteiger partial charge in [-0.05, 0) is 37.1 Å². The quantitative estimate of drug-likeness (QED) is 0.624. The van der Waals surface area contributed by atoms with Crippen molar-refractivity contribution in [2.45, 2.75) is 39.0 Å². The molecular formula is C18H19FN4OS2. The van der Waals surface area contributed by atoms with Gasteiger partial charge in [-0.1, -0.05) is 25.2 Å². The Morgan fingerprint density at radius 2 is 1.92 bits per heavy atom. The molecule has 5 nitrogen and oxygen atoms in total. The van der Waals surface area contributed by atoms with Crippen LogP contribution < -0.4 is 5.32 Å². The standard InChI is InChI=1S/C18H19FN4OS2/c1-3-11(4-2)17-22-23-18(26-17)21-15(24)9-14-10-25-16(20-14)12-5-7-13(19)8-6-12/h5-8,10-11H,3-4,9H2,1-2H3,(H,21,23,24). The summed E-state index contributed by atoms with van der Waals surface area (Å²) < 4.78 is 13.0. The van der Waals surface area contributed by atoms with Crippen molar-refractivity contribution in [1.29, 1.82) is 0 Å². The Morgan fingerprint density at radius 3 is 2.62 bits per heavy atom.